The van der Waals surface area contributed by atoms with Crippen molar-refractivity contribution in [2.45, 2.75) is 19.1 Å². The maximum Gasteiger partial charge on any atom is 0.323 e. The van der Waals surface area contributed by atoms with Crippen molar-refractivity contribution in [1.29, 1.82) is 0 Å². The van der Waals surface area contributed by atoms with E-state index in [1.165, 1.54) is 0 Å². The molecule has 0 amide bonds. The minimum absolute atomic E-state index is 0.128. The fourth-order valence-corrected chi connectivity index (χ4v) is 1.23. The number of benzene rings is 1. The number of nitrogens with two attached hydrogens (primary N) is 1. The van der Waals surface area contributed by atoms with Crippen LogP contribution in [0.1, 0.15) is 12.0 Å². The number of hydrogen-bond acceptors (Lipinski definition) is 4. The van der Waals surface area contributed by atoms with E-state index < -0.39 is 12.0 Å². The van der Waals surface area contributed by atoms with Crippen LogP contribution in [0.2, 0.25) is 5.02 Å². The van der Waals surface area contributed by atoms with Gasteiger partial charge >= 0.3 is 5.97 Å². The number of esters is 1. The van der Waals surface area contributed by atoms with E-state index in [4.69, 9.17) is 27.2 Å². The summed E-state index contributed by atoms with van der Waals surface area (Å²) in [6.07, 6.45) is 0.208. The molecule has 0 radical (unpaired) electrons. The van der Waals surface area contributed by atoms with Gasteiger partial charge in [-0.25, -0.2) is 0 Å². The quantitative estimate of drug-likeness (QED) is 0.760. The van der Waals surface area contributed by atoms with Gasteiger partial charge in [0.05, 0.1) is 0 Å². The molecule has 1 rings (SSSR count). The van der Waals surface area contributed by atoms with Crippen LogP contribution in [0.25, 0.3) is 0 Å². The summed E-state index contributed by atoms with van der Waals surface area (Å²) in [5, 5.41) is 9.23. The standard InChI is InChI=1S/C11H14ClNO3/c12-9-3-1-8(2-4-9)7-16-11(15)10(13)5-6-14/h1-4,10,14H,5-7,13H2/t10-/m1/s1. The van der Waals surface area contributed by atoms with Crippen LogP contribution in [0.15, 0.2) is 24.3 Å². The third-order valence-electron chi connectivity index (χ3n) is 2.04. The normalized spacial score (nSPS) is 12.2. The fraction of sp³-hybridized carbons (Fsp3) is 0.364. The molecule has 0 aliphatic rings. The number of halogens is 1. The lowest BCUT2D eigenvalue weighted by Crippen LogP contribution is -2.33. The summed E-state index contributed by atoms with van der Waals surface area (Å²) < 4.78 is 4.96. The topological polar surface area (TPSA) is 72.5 Å². The maximum absolute atomic E-state index is 11.3. The molecule has 0 aliphatic carbocycles. The predicted octanol–water partition coefficient (Wildman–Crippen LogP) is 1.09. The fourth-order valence-electron chi connectivity index (χ4n) is 1.10. The third kappa shape index (κ3) is 4.18. The molecule has 0 heterocycles. The molecule has 16 heavy (non-hydrogen) atoms. The summed E-state index contributed by atoms with van der Waals surface area (Å²) in [6.45, 7) is 0.0341. The van der Waals surface area contributed by atoms with Gasteiger partial charge in [-0.05, 0) is 24.1 Å². The highest BCUT2D eigenvalue weighted by Gasteiger charge is 2.13. The third-order valence-corrected chi connectivity index (χ3v) is 2.29. The van der Waals surface area contributed by atoms with Crippen molar-refractivity contribution in [1.82, 2.24) is 0 Å². The Morgan fingerprint density at radius 1 is 1.44 bits per heavy atom. The van der Waals surface area contributed by atoms with Crippen LogP contribution in [0.5, 0.6) is 0 Å². The Morgan fingerprint density at radius 2 is 2.06 bits per heavy atom. The zero-order valence-corrected chi connectivity index (χ0v) is 9.48. The molecular formula is C11H14ClNO3. The lowest BCUT2D eigenvalue weighted by Gasteiger charge is -2.10. The summed E-state index contributed by atoms with van der Waals surface area (Å²) in [5.74, 6) is -0.510. The number of aliphatic hydroxyl groups is 1. The molecule has 4 nitrogen and oxygen atoms in total. The Morgan fingerprint density at radius 3 is 2.62 bits per heavy atom. The molecule has 1 atom stereocenters. The highest BCUT2D eigenvalue weighted by molar-refractivity contribution is 6.30. The molecule has 0 fully saturated rings. The smallest absolute Gasteiger partial charge is 0.323 e. The molecule has 1 aromatic carbocycles. The van der Waals surface area contributed by atoms with Gasteiger partial charge in [0.15, 0.2) is 0 Å². The molecular weight excluding hydrogens is 230 g/mol. The number of rotatable bonds is 5. The molecule has 88 valence electrons. The van der Waals surface area contributed by atoms with Crippen molar-refractivity contribution < 1.29 is 14.6 Å². The first-order valence-electron chi connectivity index (χ1n) is 4.91. The van der Waals surface area contributed by atoms with Gasteiger partial charge in [-0.2, -0.15) is 0 Å². The van der Waals surface area contributed by atoms with Crippen LogP contribution in [0.3, 0.4) is 0 Å². The molecule has 0 bridgehead atoms. The summed E-state index contributed by atoms with van der Waals surface area (Å²) >= 11 is 5.71. The van der Waals surface area contributed by atoms with E-state index in [2.05, 4.69) is 0 Å². The van der Waals surface area contributed by atoms with Gasteiger partial charge in [0.1, 0.15) is 12.6 Å². The van der Waals surface area contributed by atoms with Crippen molar-refractivity contribution in [3.63, 3.8) is 0 Å². The van der Waals surface area contributed by atoms with E-state index in [1.807, 2.05) is 0 Å². The largest absolute Gasteiger partial charge is 0.460 e. The van der Waals surface area contributed by atoms with Gasteiger partial charge in [-0.1, -0.05) is 23.7 Å². The average Bonchev–Trinajstić information content (AvgIpc) is 2.28. The minimum atomic E-state index is -0.766. The van der Waals surface area contributed by atoms with E-state index in [-0.39, 0.29) is 19.6 Å². The van der Waals surface area contributed by atoms with Gasteiger partial charge in [0, 0.05) is 11.6 Å². The first kappa shape index (κ1) is 13.0. The van der Waals surface area contributed by atoms with Crippen LogP contribution in [-0.4, -0.2) is 23.7 Å². The minimum Gasteiger partial charge on any atom is -0.460 e. The second-order valence-electron chi connectivity index (χ2n) is 3.35. The van der Waals surface area contributed by atoms with Gasteiger partial charge in [-0.3, -0.25) is 4.79 Å². The second-order valence-corrected chi connectivity index (χ2v) is 3.79. The van der Waals surface area contributed by atoms with E-state index in [1.54, 1.807) is 24.3 Å². The molecule has 0 aromatic heterocycles. The zero-order valence-electron chi connectivity index (χ0n) is 8.73. The maximum atomic E-state index is 11.3. The van der Waals surface area contributed by atoms with Crippen LogP contribution < -0.4 is 5.73 Å². The molecule has 0 spiro atoms. The number of ether oxygens (including phenoxy) is 1. The van der Waals surface area contributed by atoms with Gasteiger partial charge < -0.3 is 15.6 Å². The van der Waals surface area contributed by atoms with Gasteiger partial charge in [0.2, 0.25) is 0 Å². The molecule has 1 aromatic rings. The Bertz CT molecular complexity index is 340. The molecule has 0 unspecified atom stereocenters. The van der Waals surface area contributed by atoms with Crippen molar-refractivity contribution in [3.05, 3.63) is 34.9 Å². The lowest BCUT2D eigenvalue weighted by atomic mass is 10.2. The van der Waals surface area contributed by atoms with Crippen LogP contribution in [0.4, 0.5) is 0 Å². The van der Waals surface area contributed by atoms with E-state index in [9.17, 15) is 4.79 Å². The van der Waals surface area contributed by atoms with Crippen LogP contribution in [0, 0.1) is 0 Å². The summed E-state index contributed by atoms with van der Waals surface area (Å²) in [5.41, 5.74) is 6.30. The van der Waals surface area contributed by atoms with Crippen molar-refractivity contribution >= 4 is 17.6 Å². The predicted molar refractivity (Wildman–Crippen MR) is 60.9 cm³/mol. The SMILES string of the molecule is N[C@H](CCO)C(=O)OCc1ccc(Cl)cc1. The number of carbonyl (C=O) groups is 1. The number of aliphatic hydroxyl groups excluding tert-OH is 1. The van der Waals surface area contributed by atoms with Gasteiger partial charge in [0.25, 0.3) is 0 Å². The zero-order chi connectivity index (χ0) is 12.0. The van der Waals surface area contributed by atoms with Gasteiger partial charge in [-0.15, -0.1) is 0 Å². The molecule has 0 aliphatic heterocycles. The van der Waals surface area contributed by atoms with Crippen LogP contribution >= 0.6 is 11.6 Å². The first-order chi connectivity index (χ1) is 7.63. The second kappa shape index (κ2) is 6.48. The van der Waals surface area contributed by atoms with Crippen LogP contribution in [-0.2, 0) is 16.1 Å². The van der Waals surface area contributed by atoms with E-state index >= 15 is 0 Å². The van der Waals surface area contributed by atoms with E-state index in [0.717, 1.165) is 5.56 Å². The Labute approximate surface area is 99.0 Å². The Hall–Kier alpha value is -1.10. The van der Waals surface area contributed by atoms with Crippen molar-refractivity contribution in [2.75, 3.05) is 6.61 Å². The highest BCUT2D eigenvalue weighted by atomic mass is 35.5. The van der Waals surface area contributed by atoms with Crippen molar-refractivity contribution in [2.24, 2.45) is 5.73 Å². The Balaban J connectivity index is 2.39. The summed E-state index contributed by atoms with van der Waals surface area (Å²) in [6, 6.07) is 6.22. The highest BCUT2D eigenvalue weighted by Crippen LogP contribution is 2.10. The summed E-state index contributed by atoms with van der Waals surface area (Å²) in [4.78, 5) is 11.3. The van der Waals surface area contributed by atoms with E-state index in [0.29, 0.717) is 5.02 Å². The first-order valence-corrected chi connectivity index (χ1v) is 5.29. The lowest BCUT2D eigenvalue weighted by molar-refractivity contribution is -0.146. The molecule has 3 N–H and O–H groups in total. The number of carbonyl (C=O) groups excluding carboxylic acids is 1. The monoisotopic (exact) mass is 243 g/mol. The molecule has 5 heteroatoms. The number of hydrogen-bond donors (Lipinski definition) is 2. The molecule has 0 saturated heterocycles. The Kier molecular flexibility index (Phi) is 5.25. The summed E-state index contributed by atoms with van der Waals surface area (Å²) in [7, 11) is 0. The average molecular weight is 244 g/mol. The van der Waals surface area contributed by atoms with Crippen molar-refractivity contribution in [3.8, 4) is 0 Å². The molecule has 0 saturated carbocycles.